The van der Waals surface area contributed by atoms with Gasteiger partial charge in [0.05, 0.1) is 0 Å². The first-order chi connectivity index (χ1) is 14.5. The number of benzene rings is 1. The van der Waals surface area contributed by atoms with Crippen molar-refractivity contribution in [1.29, 1.82) is 5.26 Å². The molecule has 1 N–H and O–H groups in total. The third-order valence-electron chi connectivity index (χ3n) is 6.63. The number of nitriles is 1. The molecule has 6 heteroatoms. The van der Waals surface area contributed by atoms with Crippen molar-refractivity contribution in [2.75, 3.05) is 18.4 Å². The molecule has 0 unspecified atom stereocenters. The average molecular weight is 521 g/mol. The summed E-state index contributed by atoms with van der Waals surface area (Å²) < 4.78 is 8.45. The van der Waals surface area contributed by atoms with E-state index < -0.39 is 27.0 Å². The van der Waals surface area contributed by atoms with Crippen molar-refractivity contribution in [3.63, 3.8) is 0 Å². The summed E-state index contributed by atoms with van der Waals surface area (Å²) in [6.45, 7) is 13.9. The zero-order chi connectivity index (χ0) is 22.6. The summed E-state index contributed by atoms with van der Waals surface area (Å²) in [6.07, 6.45) is 4.08. The van der Waals surface area contributed by atoms with Crippen LogP contribution in [0.5, 0.6) is 0 Å². The standard InChI is InChI=1S/C17H18N2.C8H14NO2.In/c1-4-13(7-6-12-18)14-8-5-9-16-15(14)10-11-17(2,3)19-16;1-8(2,3)11-7(10)9-5-4-6-9;/h5,7-9,19H,10-11H2,1-3H3;4H,5-6H2,1-3H3;. The van der Waals surface area contributed by atoms with Crippen LogP contribution >= 0.6 is 0 Å². The van der Waals surface area contributed by atoms with Crippen molar-refractivity contribution < 1.29 is 9.53 Å². The number of carbonyl (C=O) groups is 1. The van der Waals surface area contributed by atoms with Crippen molar-refractivity contribution in [2.24, 2.45) is 0 Å². The maximum atomic E-state index is 12.4. The molecule has 0 radical (unpaired) electrons. The molecule has 0 atom stereocenters. The number of carbonyl (C=O) groups excluding carboxylic acids is 1. The summed E-state index contributed by atoms with van der Waals surface area (Å²) in [4.78, 5) is 14.2. The van der Waals surface area contributed by atoms with Crippen LogP contribution < -0.4 is 5.32 Å². The molecule has 5 nitrogen and oxygen atoms in total. The van der Waals surface area contributed by atoms with Crippen LogP contribution in [0.4, 0.5) is 10.5 Å². The summed E-state index contributed by atoms with van der Waals surface area (Å²) in [6, 6.07) is 9.04. The van der Waals surface area contributed by atoms with Crippen LogP contribution in [0.2, 0.25) is 3.67 Å². The number of rotatable bonds is 2. The molecular weight excluding hydrogens is 489 g/mol. The fourth-order valence-corrected chi connectivity index (χ4v) is 15.5. The first-order valence-electron chi connectivity index (χ1n) is 11.2. The number of amides is 1. The molecule has 1 fully saturated rings. The van der Waals surface area contributed by atoms with Gasteiger partial charge in [0.2, 0.25) is 0 Å². The van der Waals surface area contributed by atoms with E-state index in [0.29, 0.717) is 3.67 Å². The van der Waals surface area contributed by atoms with Gasteiger partial charge in [-0.25, -0.2) is 0 Å². The molecule has 1 saturated heterocycles. The number of anilines is 1. The molecule has 1 aromatic carbocycles. The summed E-state index contributed by atoms with van der Waals surface area (Å²) in [5, 5.41) is 13.6. The van der Waals surface area contributed by atoms with Crippen LogP contribution in [0.1, 0.15) is 59.1 Å². The Morgan fingerprint density at radius 1 is 1.32 bits per heavy atom. The summed E-state index contributed by atoms with van der Waals surface area (Å²) in [7, 11) is 0. The second-order valence-corrected chi connectivity index (χ2v) is 20.4. The van der Waals surface area contributed by atoms with Gasteiger partial charge in [-0.15, -0.1) is 0 Å². The van der Waals surface area contributed by atoms with Crippen LogP contribution in [-0.2, 0) is 11.2 Å². The molecule has 3 aliphatic heterocycles. The minimum atomic E-state index is -2.47. The maximum absolute atomic E-state index is 12.4. The number of ether oxygens (including phenoxy) is 1. The molecule has 3 aliphatic rings. The van der Waals surface area contributed by atoms with E-state index in [0.717, 1.165) is 29.3 Å². The summed E-state index contributed by atoms with van der Waals surface area (Å²) in [5.41, 5.74) is 4.78. The van der Waals surface area contributed by atoms with Gasteiger partial charge in [0.1, 0.15) is 0 Å². The van der Waals surface area contributed by atoms with E-state index in [1.165, 1.54) is 25.7 Å². The van der Waals surface area contributed by atoms with Gasteiger partial charge in [0.15, 0.2) is 0 Å². The van der Waals surface area contributed by atoms with E-state index in [2.05, 4.69) is 56.4 Å². The number of hydrogen-bond acceptors (Lipinski definition) is 4. The Morgan fingerprint density at radius 3 is 2.68 bits per heavy atom. The Labute approximate surface area is 193 Å². The van der Waals surface area contributed by atoms with Crippen molar-refractivity contribution in [2.45, 2.75) is 69.2 Å². The fourth-order valence-electron chi connectivity index (χ4n) is 5.05. The minimum absolute atomic E-state index is 0.108. The van der Waals surface area contributed by atoms with Gasteiger partial charge >= 0.3 is 194 Å². The fraction of sp³-hybridized carbons (Fsp3) is 0.520. The van der Waals surface area contributed by atoms with E-state index in [1.54, 1.807) is 4.90 Å². The second-order valence-electron chi connectivity index (χ2n) is 10.8. The van der Waals surface area contributed by atoms with Crippen molar-refractivity contribution in [3.05, 3.63) is 42.1 Å². The Bertz CT molecular complexity index is 1020. The van der Waals surface area contributed by atoms with Gasteiger partial charge in [-0.3, -0.25) is 0 Å². The third-order valence-corrected chi connectivity index (χ3v) is 16.8. The first kappa shape index (κ1) is 22.3. The van der Waals surface area contributed by atoms with Crippen LogP contribution in [0.25, 0.3) is 5.57 Å². The first-order valence-corrected chi connectivity index (χ1v) is 16.4. The second kappa shape index (κ2) is 7.92. The Kier molecular flexibility index (Phi) is 5.70. The van der Waals surface area contributed by atoms with Crippen molar-refractivity contribution in [1.82, 2.24) is 4.90 Å². The van der Waals surface area contributed by atoms with Crippen molar-refractivity contribution in [3.8, 4) is 6.07 Å². The topological polar surface area (TPSA) is 65.4 Å². The number of allylic oxidation sites excluding steroid dienone is 4. The van der Waals surface area contributed by atoms with Crippen molar-refractivity contribution >= 4 is 38.8 Å². The number of hydrogen-bond donors (Lipinski definition) is 1. The molecule has 4 rings (SSSR count). The van der Waals surface area contributed by atoms with E-state index in [1.807, 2.05) is 20.8 Å². The summed E-state index contributed by atoms with van der Waals surface area (Å²) >= 11 is -2.47. The number of fused-ring (bicyclic) bond motifs is 1. The van der Waals surface area contributed by atoms with Gasteiger partial charge in [0.25, 0.3) is 0 Å². The average Bonchev–Trinajstić information content (AvgIpc) is 2.94. The van der Waals surface area contributed by atoms with Gasteiger partial charge in [-0.1, -0.05) is 0 Å². The molecule has 162 valence electrons. The van der Waals surface area contributed by atoms with E-state index in [-0.39, 0.29) is 11.6 Å². The van der Waals surface area contributed by atoms with Gasteiger partial charge in [-0.2, -0.15) is 0 Å². The number of nitrogens with zero attached hydrogens (tertiary/aromatic N) is 2. The Hall–Kier alpha value is -1.87. The molecular formula is C25H32InN3O2. The SMILES string of the molecule is C[C]1=C(c2cccc3c2CCC(C)(C)N3)C=[C](C#N)[In]1[CH]1CN(C(=O)OC(C)(C)C)C1. The third kappa shape index (κ3) is 4.39. The quantitative estimate of drug-likeness (QED) is 0.577. The van der Waals surface area contributed by atoms with Gasteiger partial charge < -0.3 is 0 Å². The number of nitrogens with one attached hydrogen (secondary N) is 1. The predicted molar refractivity (Wildman–Crippen MR) is 126 cm³/mol. The van der Waals surface area contributed by atoms with E-state index in [9.17, 15) is 10.1 Å². The molecule has 0 spiro atoms. The molecule has 0 aliphatic carbocycles. The zero-order valence-electron chi connectivity index (χ0n) is 19.5. The monoisotopic (exact) mass is 521 g/mol. The molecule has 1 amide bonds. The normalized spacial score (nSPS) is 20.5. The van der Waals surface area contributed by atoms with Crippen LogP contribution in [0.3, 0.4) is 0 Å². The molecule has 31 heavy (non-hydrogen) atoms. The number of likely N-dealkylation sites (tertiary alicyclic amines) is 1. The molecule has 3 heterocycles. The van der Waals surface area contributed by atoms with E-state index in [4.69, 9.17) is 4.74 Å². The van der Waals surface area contributed by atoms with Crippen LogP contribution in [0.15, 0.2) is 30.9 Å². The predicted octanol–water partition coefficient (Wildman–Crippen LogP) is 5.25. The molecule has 0 aromatic heterocycles. The van der Waals surface area contributed by atoms with E-state index >= 15 is 0 Å². The molecule has 1 aromatic rings. The molecule has 0 bridgehead atoms. The molecule has 0 saturated carbocycles. The summed E-state index contributed by atoms with van der Waals surface area (Å²) in [5.74, 6) is 0. The zero-order valence-corrected chi connectivity index (χ0v) is 22.8. The van der Waals surface area contributed by atoms with Gasteiger partial charge in [0, 0.05) is 0 Å². The van der Waals surface area contributed by atoms with Crippen LogP contribution in [0, 0.1) is 11.3 Å². The Morgan fingerprint density at radius 2 is 2.03 bits per heavy atom. The van der Waals surface area contributed by atoms with Crippen LogP contribution in [-0.4, -0.2) is 56.7 Å². The Balaban J connectivity index is 1.58. The van der Waals surface area contributed by atoms with Gasteiger partial charge in [-0.05, 0) is 0 Å².